The number of aromatic amines is 2. The molecule has 3 aromatic heterocycles. The fourth-order valence-electron chi connectivity index (χ4n) is 6.86. The van der Waals surface area contributed by atoms with Crippen LogP contribution in [0.2, 0.25) is 10.0 Å². The van der Waals surface area contributed by atoms with Crippen LogP contribution in [-0.2, 0) is 0 Å². The van der Waals surface area contributed by atoms with Crippen molar-refractivity contribution < 1.29 is 0 Å². The van der Waals surface area contributed by atoms with E-state index < -0.39 is 0 Å². The molecule has 0 saturated heterocycles. The lowest BCUT2D eigenvalue weighted by molar-refractivity contribution is 1.31. The van der Waals surface area contributed by atoms with Gasteiger partial charge < -0.3 is 9.97 Å². The summed E-state index contributed by atoms with van der Waals surface area (Å²) >= 11 is 12.7. The van der Waals surface area contributed by atoms with Gasteiger partial charge in [-0.05, 0) is 95.1 Å². The summed E-state index contributed by atoms with van der Waals surface area (Å²) in [5.41, 5.74) is 15.3. The van der Waals surface area contributed by atoms with Gasteiger partial charge in [-0.2, -0.15) is 0 Å². The Morgan fingerprint density at radius 3 is 0.900 bits per heavy atom. The van der Waals surface area contributed by atoms with Crippen LogP contribution in [0, 0.1) is 0 Å². The van der Waals surface area contributed by atoms with E-state index in [0.29, 0.717) is 10.0 Å². The highest BCUT2D eigenvalue weighted by Crippen LogP contribution is 2.38. The molecule has 0 unspecified atom stereocenters. The number of nitrogens with one attached hydrogen (secondary N) is 2. The van der Waals surface area contributed by atoms with Crippen LogP contribution in [0.25, 0.3) is 90.9 Å². The molecule has 0 fully saturated rings. The van der Waals surface area contributed by atoms with Crippen LogP contribution < -0.4 is 0 Å². The van der Waals surface area contributed by atoms with E-state index in [9.17, 15) is 0 Å². The number of hydrogen-bond acceptors (Lipinski definition) is 2. The molecule has 50 heavy (non-hydrogen) atoms. The molecule has 7 aromatic rings. The molecule has 2 aliphatic rings. The normalized spacial score (nSPS) is 12.0. The van der Waals surface area contributed by atoms with Gasteiger partial charge in [0.05, 0.1) is 22.8 Å². The average molecular weight is 684 g/mol. The fourth-order valence-corrected chi connectivity index (χ4v) is 7.11. The Kier molecular flexibility index (Phi) is 7.54. The van der Waals surface area contributed by atoms with E-state index in [1.165, 1.54) is 0 Å². The van der Waals surface area contributed by atoms with E-state index in [1.807, 2.05) is 60.7 Å². The van der Waals surface area contributed by atoms with E-state index in [1.54, 1.807) is 0 Å². The van der Waals surface area contributed by atoms with Gasteiger partial charge in [-0.1, -0.05) is 108 Å². The summed E-state index contributed by atoms with van der Waals surface area (Å²) in [5, 5.41) is 1.35. The van der Waals surface area contributed by atoms with E-state index >= 15 is 0 Å². The summed E-state index contributed by atoms with van der Waals surface area (Å²) in [6.07, 6.45) is 8.41. The summed E-state index contributed by atoms with van der Waals surface area (Å²) in [4.78, 5) is 18.2. The lowest BCUT2D eigenvalue weighted by Gasteiger charge is -2.07. The molecule has 2 aliphatic heterocycles. The van der Waals surface area contributed by atoms with Crippen molar-refractivity contribution in [3.8, 4) is 44.5 Å². The molecule has 0 saturated carbocycles. The molecule has 9 rings (SSSR count). The standard InChI is InChI=1S/C44H28Cl2N4/c45-31-15-11-29(12-16-31)43-37-23-21-35(48-37)41(27-7-3-1-4-8-27)33-19-20-34(47-33)42(28-9-5-2-6-10-28)36-22-24-38(49-36)44(40-26-25-39(43)50-40)30-13-17-32(46)18-14-30/h1-26,48-49H. The number of nitrogens with zero attached hydrogens (tertiary/aromatic N) is 2. The van der Waals surface area contributed by atoms with Gasteiger partial charge in [-0.25, -0.2) is 9.97 Å². The summed E-state index contributed by atoms with van der Waals surface area (Å²) in [6.45, 7) is 0. The Bertz CT molecular complexity index is 2450. The number of H-pyrrole nitrogens is 2. The van der Waals surface area contributed by atoms with Gasteiger partial charge >= 0.3 is 0 Å². The fraction of sp³-hybridized carbons (Fsp3) is 0. The van der Waals surface area contributed by atoms with Crippen LogP contribution in [0.3, 0.4) is 0 Å². The number of rotatable bonds is 4. The summed E-state index contributed by atoms with van der Waals surface area (Å²) in [7, 11) is 0. The first kappa shape index (κ1) is 30.1. The van der Waals surface area contributed by atoms with E-state index in [-0.39, 0.29) is 0 Å². The first-order chi connectivity index (χ1) is 24.6. The largest absolute Gasteiger partial charge is 0.354 e. The highest BCUT2D eigenvalue weighted by molar-refractivity contribution is 6.31. The molecule has 0 spiro atoms. The third kappa shape index (κ3) is 5.45. The summed E-state index contributed by atoms with van der Waals surface area (Å²) in [6, 6.07) is 45.2. The molecule has 238 valence electrons. The number of halogens is 2. The van der Waals surface area contributed by atoms with Gasteiger partial charge in [0, 0.05) is 54.4 Å². The van der Waals surface area contributed by atoms with Crippen LogP contribution in [-0.4, -0.2) is 19.9 Å². The Morgan fingerprint density at radius 1 is 0.320 bits per heavy atom. The molecule has 0 aliphatic carbocycles. The maximum absolute atomic E-state index is 6.37. The molecule has 0 amide bonds. The van der Waals surface area contributed by atoms with Crippen LogP contribution >= 0.6 is 23.2 Å². The molecule has 0 radical (unpaired) electrons. The van der Waals surface area contributed by atoms with Crippen molar-refractivity contribution in [1.29, 1.82) is 0 Å². The lowest BCUT2D eigenvalue weighted by Crippen LogP contribution is -1.89. The van der Waals surface area contributed by atoms with Gasteiger partial charge in [0.25, 0.3) is 0 Å². The van der Waals surface area contributed by atoms with Crippen molar-refractivity contribution in [2.75, 3.05) is 0 Å². The minimum atomic E-state index is 0.677. The molecule has 8 bridgehead atoms. The SMILES string of the molecule is Clc1ccc(-c2c3nc(c(-c4ccc(Cl)cc4)c4ccc([nH]4)c(-c4ccccc4)c4nc(c(-c5ccccc5)c5ccc2[nH]5)C=C4)C=C3)cc1. The molecule has 0 atom stereocenters. The predicted molar refractivity (Wildman–Crippen MR) is 211 cm³/mol. The Morgan fingerprint density at radius 2 is 0.600 bits per heavy atom. The zero-order valence-corrected chi connectivity index (χ0v) is 28.2. The second kappa shape index (κ2) is 12.5. The number of aromatic nitrogens is 4. The smallest absolute Gasteiger partial charge is 0.0737 e. The highest BCUT2D eigenvalue weighted by atomic mass is 35.5. The number of benzene rings is 4. The van der Waals surface area contributed by atoms with Gasteiger partial charge in [0.1, 0.15) is 0 Å². The number of hydrogen-bond donors (Lipinski definition) is 2. The minimum Gasteiger partial charge on any atom is -0.354 e. The van der Waals surface area contributed by atoms with Crippen LogP contribution in [0.4, 0.5) is 0 Å². The Hall–Kier alpha value is -5.94. The van der Waals surface area contributed by atoms with Gasteiger partial charge in [0.2, 0.25) is 0 Å². The van der Waals surface area contributed by atoms with Gasteiger partial charge in [0.15, 0.2) is 0 Å². The van der Waals surface area contributed by atoms with Crippen LogP contribution in [0.5, 0.6) is 0 Å². The topological polar surface area (TPSA) is 57.4 Å². The second-order valence-corrected chi connectivity index (χ2v) is 13.1. The molecule has 4 nitrogen and oxygen atoms in total. The first-order valence-electron chi connectivity index (χ1n) is 16.4. The molecular formula is C44H28Cl2N4. The predicted octanol–water partition coefficient (Wildman–Crippen LogP) is 12.6. The molecule has 4 aromatic carbocycles. The Balaban J connectivity index is 1.48. The number of fused-ring (bicyclic) bond motifs is 8. The van der Waals surface area contributed by atoms with Crippen molar-refractivity contribution in [3.05, 3.63) is 166 Å². The van der Waals surface area contributed by atoms with Gasteiger partial charge in [-0.3, -0.25) is 0 Å². The molecule has 2 N–H and O–H groups in total. The zero-order chi connectivity index (χ0) is 33.6. The van der Waals surface area contributed by atoms with Crippen molar-refractivity contribution >= 4 is 69.6 Å². The molecule has 6 heteroatoms. The van der Waals surface area contributed by atoms with Crippen molar-refractivity contribution in [2.45, 2.75) is 0 Å². The second-order valence-electron chi connectivity index (χ2n) is 12.2. The third-order valence-electron chi connectivity index (χ3n) is 9.14. The third-order valence-corrected chi connectivity index (χ3v) is 9.65. The Labute approximate surface area is 299 Å². The summed E-state index contributed by atoms with van der Waals surface area (Å²) < 4.78 is 0. The van der Waals surface area contributed by atoms with E-state index in [2.05, 4.69) is 107 Å². The zero-order valence-electron chi connectivity index (χ0n) is 26.7. The van der Waals surface area contributed by atoms with Crippen molar-refractivity contribution in [3.63, 3.8) is 0 Å². The first-order valence-corrected chi connectivity index (χ1v) is 17.1. The van der Waals surface area contributed by atoms with Gasteiger partial charge in [-0.15, -0.1) is 0 Å². The van der Waals surface area contributed by atoms with Crippen molar-refractivity contribution in [1.82, 2.24) is 19.9 Å². The average Bonchev–Trinajstić information content (AvgIpc) is 3.98. The quantitative estimate of drug-likeness (QED) is 0.194. The van der Waals surface area contributed by atoms with Crippen LogP contribution in [0.1, 0.15) is 22.8 Å². The van der Waals surface area contributed by atoms with E-state index in [4.69, 9.17) is 33.2 Å². The maximum Gasteiger partial charge on any atom is 0.0737 e. The monoisotopic (exact) mass is 682 g/mol. The lowest BCUT2D eigenvalue weighted by atomic mass is 10.0. The van der Waals surface area contributed by atoms with Crippen LogP contribution in [0.15, 0.2) is 133 Å². The van der Waals surface area contributed by atoms with E-state index in [0.717, 1.165) is 89.4 Å². The van der Waals surface area contributed by atoms with Crippen molar-refractivity contribution in [2.24, 2.45) is 0 Å². The minimum absolute atomic E-state index is 0.677. The summed E-state index contributed by atoms with van der Waals surface area (Å²) in [5.74, 6) is 0. The maximum atomic E-state index is 6.37. The molecular weight excluding hydrogens is 655 g/mol. The highest BCUT2D eigenvalue weighted by Gasteiger charge is 2.18. The molecule has 5 heterocycles.